The van der Waals surface area contributed by atoms with Crippen LogP contribution in [0.1, 0.15) is 198 Å². The summed E-state index contributed by atoms with van der Waals surface area (Å²) in [7, 11) is 0. The maximum absolute atomic E-state index is 12.9. The number of rotatable bonds is 10. The van der Waals surface area contributed by atoms with Crippen LogP contribution in [0.5, 0.6) is 11.5 Å². The summed E-state index contributed by atoms with van der Waals surface area (Å²) in [6, 6.07) is 22.4. The number of allylic oxidation sites excluding steroid dienone is 3. The van der Waals surface area contributed by atoms with Crippen LogP contribution < -0.4 is 0 Å². The molecule has 6 atom stereocenters. The number of aromatic hydroxyl groups is 2. The summed E-state index contributed by atoms with van der Waals surface area (Å²) in [6.07, 6.45) is 17.4. The zero-order chi connectivity index (χ0) is 47.9. The first-order chi connectivity index (χ1) is 30.8. The van der Waals surface area contributed by atoms with E-state index in [0.29, 0.717) is 23.3 Å². The molecule has 4 aromatic rings. The molecule has 0 amide bonds. The molecule has 4 saturated carbocycles. The van der Waals surface area contributed by atoms with E-state index in [-0.39, 0.29) is 77.6 Å². The summed E-state index contributed by atoms with van der Waals surface area (Å²) >= 11 is 0. The van der Waals surface area contributed by atoms with Gasteiger partial charge >= 0.3 is 0 Å². The van der Waals surface area contributed by atoms with Gasteiger partial charge in [0.25, 0.3) is 0 Å². The van der Waals surface area contributed by atoms with E-state index in [2.05, 4.69) is 170 Å². The Morgan fingerprint density at radius 1 is 0.603 bits per heavy atom. The van der Waals surface area contributed by atoms with Crippen molar-refractivity contribution < 1.29 is 36.1 Å². The van der Waals surface area contributed by atoms with Crippen molar-refractivity contribution in [1.29, 1.82) is 0 Å². The number of benzene rings is 4. The van der Waals surface area contributed by atoms with Gasteiger partial charge in [0.2, 0.25) is 0 Å². The van der Waals surface area contributed by atoms with Crippen molar-refractivity contribution >= 4 is 11.4 Å². The van der Waals surface area contributed by atoms with Crippen molar-refractivity contribution in [2.45, 2.75) is 184 Å². The van der Waals surface area contributed by atoms with Crippen LogP contribution in [0.15, 0.2) is 90.5 Å². The molecule has 4 bridgehead atoms. The van der Waals surface area contributed by atoms with Crippen LogP contribution in [0.25, 0.3) is 22.3 Å². The molecule has 8 rings (SSSR count). The van der Waals surface area contributed by atoms with Crippen molar-refractivity contribution in [1.82, 2.24) is 0 Å². The van der Waals surface area contributed by atoms with Gasteiger partial charge in [-0.25, -0.2) is 4.99 Å². The van der Waals surface area contributed by atoms with Gasteiger partial charge in [-0.15, -0.1) is 0 Å². The van der Waals surface area contributed by atoms with Crippen molar-refractivity contribution in [3.8, 4) is 33.8 Å². The van der Waals surface area contributed by atoms with Crippen LogP contribution in [0.3, 0.4) is 0 Å². The number of hydrogen-bond acceptors (Lipinski definition) is 3. The molecule has 0 radical (unpaired) electrons. The van der Waals surface area contributed by atoms with E-state index in [4.69, 9.17) is 4.99 Å². The van der Waals surface area contributed by atoms with Crippen LogP contribution in [-0.4, -0.2) is 15.9 Å². The molecule has 4 fully saturated rings. The topological polar surface area (TPSA) is 52.8 Å². The number of aliphatic imine (C=N–C) groups is 1. The van der Waals surface area contributed by atoms with E-state index in [1.165, 1.54) is 42.4 Å². The minimum absolute atomic E-state index is 0. The van der Waals surface area contributed by atoms with Crippen LogP contribution in [0, 0.1) is 54.8 Å². The van der Waals surface area contributed by atoms with Crippen LogP contribution in [-0.2, 0) is 36.7 Å². The monoisotopic (exact) mass is 1080 g/mol. The fourth-order valence-corrected chi connectivity index (χ4v) is 16.3. The number of aryl methyl sites for hydroxylation is 2. The van der Waals surface area contributed by atoms with E-state index in [0.717, 1.165) is 94.4 Å². The maximum atomic E-state index is 12.9. The normalized spacial score (nSPS) is 28.6. The third-order valence-electron chi connectivity index (χ3n) is 16.7. The number of nitrogens with zero attached hydrogens (tertiary/aromatic N) is 1. The summed E-state index contributed by atoms with van der Waals surface area (Å²) in [5.74, 6) is 2.57. The molecule has 0 spiro atoms. The molecule has 6 unspecified atom stereocenters. The first-order valence-electron chi connectivity index (χ1n) is 25.6. The van der Waals surface area contributed by atoms with Gasteiger partial charge in [-0.05, 0) is 182 Å². The molecular weight excluding hydrogens is 993 g/mol. The van der Waals surface area contributed by atoms with Gasteiger partial charge in [-0.2, -0.15) is 0 Å². The molecule has 4 aromatic carbocycles. The zero-order valence-electron chi connectivity index (χ0n) is 44.9. The quantitative estimate of drug-likeness (QED) is 0.0720. The predicted molar refractivity (Wildman–Crippen MR) is 288 cm³/mol. The standard InChI is InChI=1S/C63H83NO2.CH3.Hf/c1-16-17-18-54(49-27-45(39(2)3)19-21-47(49)50-23-41(6)25-52(56(50)65)62-31-43(8)29-60(14,37-62)33-58(10,11)35-62)64-55-28-46(40(4)5)20-22-48(55)51-24-42(7)26-53(57(51)66)63-32-44(9)30-61(15,38-63)34-59(12,13)36-63;;/h16-28,39-40,43-44,65-66H,1,29-38H2,2-15H3;1H3;/q;-1;/b18-17-,64-54?;;. The molecule has 3 nitrogen and oxygen atoms in total. The Labute approximate surface area is 432 Å². The Bertz CT molecular complexity index is 2600. The second-order valence-corrected chi connectivity index (χ2v) is 26.0. The molecule has 0 aromatic heterocycles. The minimum Gasteiger partial charge on any atom is -0.507 e. The number of phenols is 2. The van der Waals surface area contributed by atoms with E-state index in [9.17, 15) is 10.2 Å². The Morgan fingerprint density at radius 3 is 1.50 bits per heavy atom. The summed E-state index contributed by atoms with van der Waals surface area (Å²) in [6.45, 7) is 37.1. The van der Waals surface area contributed by atoms with Gasteiger partial charge < -0.3 is 17.6 Å². The summed E-state index contributed by atoms with van der Waals surface area (Å²) in [5.41, 5.74) is 13.9. The summed E-state index contributed by atoms with van der Waals surface area (Å²) in [4.78, 5) is 5.73. The first-order valence-corrected chi connectivity index (χ1v) is 25.6. The van der Waals surface area contributed by atoms with Crippen LogP contribution in [0.4, 0.5) is 5.69 Å². The molecule has 4 aliphatic carbocycles. The number of fused-ring (bicyclic) bond motifs is 4. The minimum atomic E-state index is -0.0984. The number of phenolic OH excluding ortho intramolecular Hbond substituents is 2. The van der Waals surface area contributed by atoms with E-state index in [1.807, 2.05) is 12.2 Å². The third kappa shape index (κ3) is 10.4. The van der Waals surface area contributed by atoms with Crippen molar-refractivity contribution in [3.63, 3.8) is 0 Å². The van der Waals surface area contributed by atoms with Gasteiger partial charge in [0.1, 0.15) is 11.5 Å². The molecule has 0 aliphatic heterocycles. The third-order valence-corrected chi connectivity index (χ3v) is 16.7. The summed E-state index contributed by atoms with van der Waals surface area (Å²) in [5, 5.41) is 25.8. The average Bonchev–Trinajstić information content (AvgIpc) is 3.17. The van der Waals surface area contributed by atoms with Crippen LogP contribution in [0.2, 0.25) is 0 Å². The Hall–Kier alpha value is -3.50. The second-order valence-electron chi connectivity index (χ2n) is 26.0. The zero-order valence-corrected chi connectivity index (χ0v) is 48.5. The molecule has 2 N–H and O–H groups in total. The molecule has 364 valence electrons. The first kappa shape index (κ1) is 53.8. The Morgan fingerprint density at radius 2 is 1.04 bits per heavy atom. The van der Waals surface area contributed by atoms with Gasteiger partial charge in [-0.3, -0.25) is 0 Å². The largest absolute Gasteiger partial charge is 0.507 e. The van der Waals surface area contributed by atoms with E-state index < -0.39 is 0 Å². The van der Waals surface area contributed by atoms with Crippen molar-refractivity contribution in [3.05, 3.63) is 132 Å². The summed E-state index contributed by atoms with van der Waals surface area (Å²) < 4.78 is 0. The fourth-order valence-electron chi connectivity index (χ4n) is 16.3. The van der Waals surface area contributed by atoms with Gasteiger partial charge in [0.05, 0.1) is 11.4 Å². The smallest absolute Gasteiger partial charge is 0.127 e. The van der Waals surface area contributed by atoms with Gasteiger partial charge in [-0.1, -0.05) is 138 Å². The predicted octanol–water partition coefficient (Wildman–Crippen LogP) is 18.4. The van der Waals surface area contributed by atoms with Gasteiger partial charge in [0.15, 0.2) is 0 Å². The Kier molecular flexibility index (Phi) is 15.2. The van der Waals surface area contributed by atoms with E-state index >= 15 is 0 Å². The molecular formula is C64H86HfNO2-. The molecule has 0 heterocycles. The average molecular weight is 1080 g/mol. The van der Waals surface area contributed by atoms with Crippen molar-refractivity contribution in [2.75, 3.05) is 0 Å². The van der Waals surface area contributed by atoms with E-state index in [1.54, 1.807) is 0 Å². The fraction of sp³-hybridized carbons (Fsp3) is 0.531. The SMILES string of the molecule is C=C/C=C\C(=Nc1cc(C(C)C)ccc1-c1cc(C)cc(C23CC(C)CC(C)(CC(C)(C)C2)C3)c1O)c1cc(C(C)C)ccc1-c1cc(C)cc(C23CC(C)CC(C)(CC(C)(C)C2)C3)c1O.[CH3-].[Hf]. The van der Waals surface area contributed by atoms with Crippen molar-refractivity contribution in [2.24, 2.45) is 38.5 Å². The Balaban J connectivity index is 0.00000381. The molecule has 4 aliphatic rings. The molecule has 68 heavy (non-hydrogen) atoms. The molecule has 4 heteroatoms. The molecule has 0 saturated heterocycles. The maximum Gasteiger partial charge on any atom is 0.127 e. The van der Waals surface area contributed by atoms with Gasteiger partial charge in [0, 0.05) is 70.1 Å². The number of hydrogen-bond donors (Lipinski definition) is 2. The second kappa shape index (κ2) is 19.3. The van der Waals surface area contributed by atoms with Crippen LogP contribution >= 0.6 is 0 Å².